The predicted octanol–water partition coefficient (Wildman–Crippen LogP) is 0.242. The van der Waals surface area contributed by atoms with Crippen LogP contribution in [0.5, 0.6) is 0 Å². The molecule has 0 aliphatic heterocycles. The predicted molar refractivity (Wildman–Crippen MR) is 59.7 cm³/mol. The topological polar surface area (TPSA) is 92.1 Å². The van der Waals surface area contributed by atoms with Gasteiger partial charge in [-0.15, -0.1) is 0 Å². The van der Waals surface area contributed by atoms with Gasteiger partial charge in [0.05, 0.1) is 0 Å². The van der Waals surface area contributed by atoms with Crippen molar-refractivity contribution in [2.75, 3.05) is 30.0 Å². The first kappa shape index (κ1) is 11.8. The zero-order valence-corrected chi connectivity index (χ0v) is 9.93. The molecule has 0 radical (unpaired) electrons. The molecule has 0 aromatic carbocycles. The Labute approximate surface area is 89.4 Å². The van der Waals surface area contributed by atoms with Crippen LogP contribution in [0, 0.1) is 0 Å². The summed E-state index contributed by atoms with van der Waals surface area (Å²) in [5, 5.41) is 6.42. The lowest BCUT2D eigenvalue weighted by Crippen LogP contribution is -2.24. The maximum Gasteiger partial charge on any atom is 0.182 e. The number of H-pyrrole nitrogens is 1. The lowest BCUT2D eigenvalue weighted by atomic mass is 10.4. The molecule has 0 unspecified atom stereocenters. The molecule has 0 bridgehead atoms. The van der Waals surface area contributed by atoms with Gasteiger partial charge in [-0.25, -0.2) is 8.42 Å². The van der Waals surface area contributed by atoms with Crippen LogP contribution in [0.3, 0.4) is 0 Å². The molecular weight excluding hydrogens is 216 g/mol. The third-order valence-corrected chi connectivity index (χ3v) is 3.31. The fourth-order valence-electron chi connectivity index (χ4n) is 1.44. The summed E-state index contributed by atoms with van der Waals surface area (Å²) >= 11 is 0. The highest BCUT2D eigenvalue weighted by Gasteiger charge is 2.23. The number of nitrogens with zero attached hydrogens (tertiary/aromatic N) is 2. The first-order valence-electron chi connectivity index (χ1n) is 4.70. The van der Waals surface area contributed by atoms with E-state index in [0.717, 1.165) is 6.26 Å². The molecule has 1 aromatic rings. The number of rotatable bonds is 4. The van der Waals surface area contributed by atoms with E-state index in [4.69, 9.17) is 5.73 Å². The number of sulfone groups is 1. The smallest absolute Gasteiger partial charge is 0.182 e. The van der Waals surface area contributed by atoms with Crippen LogP contribution in [0.1, 0.15) is 13.8 Å². The van der Waals surface area contributed by atoms with E-state index >= 15 is 0 Å². The maximum absolute atomic E-state index is 11.5. The third-order valence-electron chi connectivity index (χ3n) is 2.16. The molecule has 15 heavy (non-hydrogen) atoms. The van der Waals surface area contributed by atoms with Gasteiger partial charge in [0.1, 0.15) is 5.82 Å². The lowest BCUT2D eigenvalue weighted by molar-refractivity contribution is 0.602. The fourth-order valence-corrected chi connectivity index (χ4v) is 2.39. The maximum atomic E-state index is 11.5. The molecule has 0 aliphatic rings. The molecule has 6 nitrogen and oxygen atoms in total. The Kier molecular flexibility index (Phi) is 3.23. The lowest BCUT2D eigenvalue weighted by Gasteiger charge is -2.18. The van der Waals surface area contributed by atoms with E-state index < -0.39 is 9.84 Å². The number of anilines is 2. The average Bonchev–Trinajstić information content (AvgIpc) is 2.49. The highest BCUT2D eigenvalue weighted by molar-refractivity contribution is 7.91. The van der Waals surface area contributed by atoms with Crippen molar-refractivity contribution in [1.82, 2.24) is 10.2 Å². The van der Waals surface area contributed by atoms with Gasteiger partial charge >= 0.3 is 0 Å². The molecular formula is C8H16N4O2S. The van der Waals surface area contributed by atoms with Gasteiger partial charge in [0.15, 0.2) is 20.6 Å². The van der Waals surface area contributed by atoms with Gasteiger partial charge in [0.25, 0.3) is 0 Å². The summed E-state index contributed by atoms with van der Waals surface area (Å²) < 4.78 is 23.0. The quantitative estimate of drug-likeness (QED) is 0.776. The van der Waals surface area contributed by atoms with Crippen molar-refractivity contribution in [2.45, 2.75) is 18.7 Å². The second-order valence-corrected chi connectivity index (χ2v) is 5.19. The highest BCUT2D eigenvalue weighted by Crippen LogP contribution is 2.27. The second-order valence-electron chi connectivity index (χ2n) is 3.23. The standard InChI is InChI=1S/C8H16N4O2S/c1-4-12(5-2)8-6(15(3,13)14)7(9)10-11-8/h4-5H2,1-3H3,(H3,9,10,11). The molecule has 1 heterocycles. The van der Waals surface area contributed by atoms with E-state index in [-0.39, 0.29) is 10.7 Å². The Bertz CT molecular complexity index is 433. The highest BCUT2D eigenvalue weighted by atomic mass is 32.2. The Hall–Kier alpha value is -1.24. The Morgan fingerprint density at radius 2 is 1.93 bits per heavy atom. The third kappa shape index (κ3) is 2.23. The SMILES string of the molecule is CCN(CC)c1n[nH]c(N)c1S(C)(=O)=O. The van der Waals surface area contributed by atoms with Crippen molar-refractivity contribution in [2.24, 2.45) is 0 Å². The van der Waals surface area contributed by atoms with Crippen LogP contribution in [0.4, 0.5) is 11.6 Å². The zero-order valence-electron chi connectivity index (χ0n) is 9.11. The van der Waals surface area contributed by atoms with E-state index in [1.54, 1.807) is 0 Å². The first-order chi connectivity index (χ1) is 6.91. The molecule has 0 aliphatic carbocycles. The second kappa shape index (κ2) is 4.09. The molecule has 86 valence electrons. The summed E-state index contributed by atoms with van der Waals surface area (Å²) in [5.41, 5.74) is 5.55. The van der Waals surface area contributed by atoms with Crippen molar-refractivity contribution in [1.29, 1.82) is 0 Å². The Morgan fingerprint density at radius 3 is 2.33 bits per heavy atom. The molecule has 7 heteroatoms. The summed E-state index contributed by atoms with van der Waals surface area (Å²) in [6.07, 6.45) is 1.13. The van der Waals surface area contributed by atoms with Crippen molar-refractivity contribution < 1.29 is 8.42 Å². The molecule has 0 saturated heterocycles. The Balaban J connectivity index is 3.32. The molecule has 0 spiro atoms. The molecule has 3 N–H and O–H groups in total. The van der Waals surface area contributed by atoms with E-state index in [9.17, 15) is 8.42 Å². The number of aromatic nitrogens is 2. The summed E-state index contributed by atoms with van der Waals surface area (Å²) in [6, 6.07) is 0. The summed E-state index contributed by atoms with van der Waals surface area (Å²) in [6.45, 7) is 5.23. The minimum Gasteiger partial charge on any atom is -0.383 e. The monoisotopic (exact) mass is 232 g/mol. The minimum atomic E-state index is -3.35. The van der Waals surface area contributed by atoms with E-state index in [0.29, 0.717) is 18.9 Å². The molecule has 0 amide bonds. The van der Waals surface area contributed by atoms with Crippen LogP contribution in [0.25, 0.3) is 0 Å². The molecule has 0 atom stereocenters. The number of hydrogen-bond donors (Lipinski definition) is 2. The summed E-state index contributed by atoms with van der Waals surface area (Å²) in [4.78, 5) is 1.93. The van der Waals surface area contributed by atoms with Crippen LogP contribution in [-0.4, -0.2) is 38.0 Å². The van der Waals surface area contributed by atoms with Crippen LogP contribution < -0.4 is 10.6 Å². The normalized spacial score (nSPS) is 11.7. The first-order valence-corrected chi connectivity index (χ1v) is 6.59. The zero-order chi connectivity index (χ0) is 11.6. The van der Waals surface area contributed by atoms with Crippen LogP contribution in [0.15, 0.2) is 4.90 Å². The van der Waals surface area contributed by atoms with Gasteiger partial charge in [0, 0.05) is 19.3 Å². The van der Waals surface area contributed by atoms with Gasteiger partial charge in [-0.05, 0) is 13.8 Å². The van der Waals surface area contributed by atoms with Crippen LogP contribution in [0.2, 0.25) is 0 Å². The van der Waals surface area contributed by atoms with Gasteiger partial charge in [-0.1, -0.05) is 0 Å². The number of aromatic amines is 1. The van der Waals surface area contributed by atoms with Crippen molar-refractivity contribution in [3.05, 3.63) is 0 Å². The van der Waals surface area contributed by atoms with E-state index in [1.807, 2.05) is 18.7 Å². The number of nitrogens with one attached hydrogen (secondary N) is 1. The van der Waals surface area contributed by atoms with Crippen LogP contribution in [-0.2, 0) is 9.84 Å². The van der Waals surface area contributed by atoms with Crippen LogP contribution >= 0.6 is 0 Å². The average molecular weight is 232 g/mol. The Morgan fingerprint density at radius 1 is 1.40 bits per heavy atom. The van der Waals surface area contributed by atoms with Gasteiger partial charge in [-0.3, -0.25) is 5.10 Å². The van der Waals surface area contributed by atoms with Gasteiger partial charge in [0.2, 0.25) is 0 Å². The molecule has 1 aromatic heterocycles. The van der Waals surface area contributed by atoms with E-state index in [2.05, 4.69) is 10.2 Å². The van der Waals surface area contributed by atoms with Gasteiger partial charge < -0.3 is 10.6 Å². The van der Waals surface area contributed by atoms with Crippen molar-refractivity contribution >= 4 is 21.5 Å². The van der Waals surface area contributed by atoms with Crippen molar-refractivity contribution in [3.63, 3.8) is 0 Å². The molecule has 0 saturated carbocycles. The molecule has 1 rings (SSSR count). The number of nitrogen functional groups attached to an aromatic ring is 1. The van der Waals surface area contributed by atoms with Gasteiger partial charge in [-0.2, -0.15) is 5.10 Å². The fraction of sp³-hybridized carbons (Fsp3) is 0.625. The molecule has 0 fully saturated rings. The minimum absolute atomic E-state index is 0.0891. The van der Waals surface area contributed by atoms with E-state index in [1.165, 1.54) is 0 Å². The summed E-state index contributed by atoms with van der Waals surface area (Å²) in [5.74, 6) is 0.499. The largest absolute Gasteiger partial charge is 0.383 e. The number of nitrogens with two attached hydrogens (primary N) is 1. The summed E-state index contributed by atoms with van der Waals surface area (Å²) in [7, 11) is -3.35. The van der Waals surface area contributed by atoms with Crippen molar-refractivity contribution in [3.8, 4) is 0 Å². The number of hydrogen-bond acceptors (Lipinski definition) is 5.